The van der Waals surface area contributed by atoms with Crippen LogP contribution in [0, 0.1) is 0 Å². The third-order valence-corrected chi connectivity index (χ3v) is 3.52. The van der Waals surface area contributed by atoms with Crippen LogP contribution in [0.5, 0.6) is 11.5 Å². The van der Waals surface area contributed by atoms with Crippen LogP contribution in [0.25, 0.3) is 0 Å². The summed E-state index contributed by atoms with van der Waals surface area (Å²) in [6.45, 7) is 0.862. The fourth-order valence-corrected chi connectivity index (χ4v) is 2.42. The minimum Gasteiger partial charge on any atom is -0.508 e. The van der Waals surface area contributed by atoms with E-state index in [4.69, 9.17) is 4.74 Å². The number of phenols is 2. The van der Waals surface area contributed by atoms with Gasteiger partial charge in [-0.3, -0.25) is 4.79 Å². The summed E-state index contributed by atoms with van der Waals surface area (Å²) in [6, 6.07) is 3.87. The summed E-state index contributed by atoms with van der Waals surface area (Å²) in [7, 11) is 0. The molecule has 0 aromatic heterocycles. The van der Waals surface area contributed by atoms with Crippen LogP contribution in [0.15, 0.2) is 18.2 Å². The van der Waals surface area contributed by atoms with Crippen molar-refractivity contribution in [2.75, 3.05) is 13.2 Å². The average Bonchev–Trinajstić information content (AvgIpc) is 2.47. The van der Waals surface area contributed by atoms with Gasteiger partial charge in [-0.1, -0.05) is 19.3 Å². The summed E-state index contributed by atoms with van der Waals surface area (Å²) in [4.78, 5) is 11.8. The Kier molecular flexibility index (Phi) is 5.24. The highest BCUT2D eigenvalue weighted by molar-refractivity contribution is 5.97. The fraction of sp³-hybridized carbons (Fsp3) is 0.533. The first-order valence-electron chi connectivity index (χ1n) is 7.08. The van der Waals surface area contributed by atoms with Crippen molar-refractivity contribution in [3.63, 3.8) is 0 Å². The molecule has 0 spiro atoms. The molecule has 2 rings (SSSR count). The number of benzene rings is 1. The molecule has 0 atom stereocenters. The Labute approximate surface area is 118 Å². The van der Waals surface area contributed by atoms with Gasteiger partial charge in [0.25, 0.3) is 5.91 Å². The molecule has 5 nitrogen and oxygen atoms in total. The van der Waals surface area contributed by atoms with Gasteiger partial charge in [0.1, 0.15) is 11.5 Å². The monoisotopic (exact) mass is 279 g/mol. The molecule has 1 aliphatic carbocycles. The van der Waals surface area contributed by atoms with Gasteiger partial charge in [-0.15, -0.1) is 0 Å². The Morgan fingerprint density at radius 3 is 2.75 bits per heavy atom. The quantitative estimate of drug-likeness (QED) is 0.570. The molecule has 1 fully saturated rings. The minimum atomic E-state index is -0.411. The van der Waals surface area contributed by atoms with Crippen LogP contribution in [-0.4, -0.2) is 35.4 Å². The standard InChI is InChI=1S/C15H21NO4/c17-11-6-7-14(18)13(10-11)15(19)16-8-9-20-12-4-2-1-3-5-12/h6-7,10,12,17-18H,1-5,8-9H2,(H,16,19). The van der Waals surface area contributed by atoms with Crippen molar-refractivity contribution < 1.29 is 19.7 Å². The lowest BCUT2D eigenvalue weighted by Crippen LogP contribution is -2.29. The third kappa shape index (κ3) is 4.13. The number of hydrogen-bond acceptors (Lipinski definition) is 4. The van der Waals surface area contributed by atoms with Crippen molar-refractivity contribution in [2.24, 2.45) is 0 Å². The molecule has 0 radical (unpaired) electrons. The average molecular weight is 279 g/mol. The van der Waals surface area contributed by atoms with Crippen molar-refractivity contribution in [3.05, 3.63) is 23.8 Å². The first-order chi connectivity index (χ1) is 9.66. The van der Waals surface area contributed by atoms with E-state index >= 15 is 0 Å². The molecule has 0 heterocycles. The lowest BCUT2D eigenvalue weighted by molar-refractivity contribution is 0.0299. The number of hydrogen-bond donors (Lipinski definition) is 3. The maximum atomic E-state index is 11.8. The zero-order chi connectivity index (χ0) is 14.4. The molecule has 1 saturated carbocycles. The van der Waals surface area contributed by atoms with Gasteiger partial charge in [0, 0.05) is 6.54 Å². The first kappa shape index (κ1) is 14.7. The summed E-state index contributed by atoms with van der Waals surface area (Å²) in [5, 5.41) is 21.5. The van der Waals surface area contributed by atoms with Gasteiger partial charge in [-0.25, -0.2) is 0 Å². The van der Waals surface area contributed by atoms with E-state index in [2.05, 4.69) is 5.32 Å². The molecule has 20 heavy (non-hydrogen) atoms. The molecule has 1 amide bonds. The van der Waals surface area contributed by atoms with Crippen molar-refractivity contribution in [1.29, 1.82) is 0 Å². The molecule has 1 aromatic rings. The normalized spacial score (nSPS) is 16.0. The van der Waals surface area contributed by atoms with E-state index in [-0.39, 0.29) is 17.1 Å². The number of rotatable bonds is 5. The summed E-state index contributed by atoms with van der Waals surface area (Å²) >= 11 is 0. The first-order valence-corrected chi connectivity index (χ1v) is 7.08. The predicted molar refractivity (Wildman–Crippen MR) is 74.9 cm³/mol. The van der Waals surface area contributed by atoms with Gasteiger partial charge < -0.3 is 20.3 Å². The maximum absolute atomic E-state index is 11.8. The second kappa shape index (κ2) is 7.14. The summed E-state index contributed by atoms with van der Waals surface area (Å²) in [5.74, 6) is -0.606. The molecule has 5 heteroatoms. The molecule has 1 aromatic carbocycles. The fourth-order valence-electron chi connectivity index (χ4n) is 2.42. The van der Waals surface area contributed by atoms with Gasteiger partial charge in [-0.2, -0.15) is 0 Å². The van der Waals surface area contributed by atoms with E-state index in [1.165, 1.54) is 37.5 Å². The third-order valence-electron chi connectivity index (χ3n) is 3.52. The van der Waals surface area contributed by atoms with E-state index in [1.807, 2.05) is 0 Å². The Morgan fingerprint density at radius 2 is 2.00 bits per heavy atom. The van der Waals surface area contributed by atoms with Crippen LogP contribution < -0.4 is 5.32 Å². The molecule has 0 aliphatic heterocycles. The number of carbonyl (C=O) groups is 1. The van der Waals surface area contributed by atoms with Gasteiger partial charge in [-0.05, 0) is 31.0 Å². The van der Waals surface area contributed by atoms with Crippen LogP contribution in [0.4, 0.5) is 0 Å². The van der Waals surface area contributed by atoms with E-state index < -0.39 is 5.91 Å². The van der Waals surface area contributed by atoms with E-state index in [9.17, 15) is 15.0 Å². The highest BCUT2D eigenvalue weighted by atomic mass is 16.5. The number of carbonyl (C=O) groups excluding carboxylic acids is 1. The molecule has 0 unspecified atom stereocenters. The van der Waals surface area contributed by atoms with Gasteiger partial charge in [0.15, 0.2) is 0 Å². The molecule has 1 aliphatic rings. The van der Waals surface area contributed by atoms with Crippen LogP contribution in [0.1, 0.15) is 42.5 Å². The van der Waals surface area contributed by atoms with Crippen LogP contribution in [0.2, 0.25) is 0 Å². The molecular formula is C15H21NO4. The molecular weight excluding hydrogens is 258 g/mol. The Morgan fingerprint density at radius 1 is 1.25 bits per heavy atom. The topological polar surface area (TPSA) is 78.8 Å². The second-order valence-corrected chi connectivity index (χ2v) is 5.09. The highest BCUT2D eigenvalue weighted by Gasteiger charge is 2.14. The highest BCUT2D eigenvalue weighted by Crippen LogP contribution is 2.22. The number of ether oxygens (including phenoxy) is 1. The van der Waals surface area contributed by atoms with Crippen molar-refractivity contribution in [3.8, 4) is 11.5 Å². The van der Waals surface area contributed by atoms with Crippen molar-refractivity contribution >= 4 is 5.91 Å². The Balaban J connectivity index is 1.73. The molecule has 110 valence electrons. The second-order valence-electron chi connectivity index (χ2n) is 5.09. The summed E-state index contributed by atoms with van der Waals surface area (Å²) in [5.41, 5.74) is 0.0719. The number of phenolic OH excluding ortho intramolecular Hbond substituents is 2. The van der Waals surface area contributed by atoms with E-state index in [1.54, 1.807) is 0 Å². The molecule has 0 saturated heterocycles. The van der Waals surface area contributed by atoms with Crippen LogP contribution in [0.3, 0.4) is 0 Å². The number of aromatic hydroxyl groups is 2. The Hall–Kier alpha value is -1.75. The summed E-state index contributed by atoms with van der Waals surface area (Å²) in [6.07, 6.45) is 6.23. The summed E-state index contributed by atoms with van der Waals surface area (Å²) < 4.78 is 5.70. The lowest BCUT2D eigenvalue weighted by atomic mass is 9.98. The van der Waals surface area contributed by atoms with E-state index in [0.717, 1.165) is 12.8 Å². The van der Waals surface area contributed by atoms with Crippen LogP contribution in [-0.2, 0) is 4.74 Å². The molecule has 0 bridgehead atoms. The van der Waals surface area contributed by atoms with Gasteiger partial charge in [0.2, 0.25) is 0 Å². The zero-order valence-electron chi connectivity index (χ0n) is 11.5. The lowest BCUT2D eigenvalue weighted by Gasteiger charge is -2.22. The van der Waals surface area contributed by atoms with Crippen molar-refractivity contribution in [1.82, 2.24) is 5.32 Å². The minimum absolute atomic E-state index is 0.0496. The number of nitrogens with one attached hydrogen (secondary N) is 1. The number of amides is 1. The largest absolute Gasteiger partial charge is 0.508 e. The van der Waals surface area contributed by atoms with E-state index in [0.29, 0.717) is 19.3 Å². The molecule has 3 N–H and O–H groups in total. The maximum Gasteiger partial charge on any atom is 0.255 e. The predicted octanol–water partition coefficient (Wildman–Crippen LogP) is 2.18. The zero-order valence-corrected chi connectivity index (χ0v) is 11.5. The van der Waals surface area contributed by atoms with Crippen LogP contribution >= 0.6 is 0 Å². The SMILES string of the molecule is O=C(NCCOC1CCCCC1)c1cc(O)ccc1O. The smallest absolute Gasteiger partial charge is 0.255 e. The van der Waals surface area contributed by atoms with Gasteiger partial charge in [0.05, 0.1) is 18.3 Å². The van der Waals surface area contributed by atoms with Gasteiger partial charge >= 0.3 is 0 Å². The van der Waals surface area contributed by atoms with Crippen molar-refractivity contribution in [2.45, 2.75) is 38.2 Å². The Bertz CT molecular complexity index is 455.